The lowest BCUT2D eigenvalue weighted by molar-refractivity contribution is 0.0240. The second-order valence-corrected chi connectivity index (χ2v) is 18.8. The van der Waals surface area contributed by atoms with Gasteiger partial charge in [0.05, 0.1) is 0 Å². The maximum absolute atomic E-state index is 12.4. The number of carbonyl (C=O) groups is 1. The van der Waals surface area contributed by atoms with E-state index in [1.165, 1.54) is 36.1 Å². The van der Waals surface area contributed by atoms with Crippen LogP contribution in [0.5, 0.6) is 11.5 Å². The molecule has 9 heteroatoms. The Hall–Kier alpha value is -6.81. The van der Waals surface area contributed by atoms with Crippen LogP contribution < -0.4 is 9.80 Å². The molecule has 0 atom stereocenters. The van der Waals surface area contributed by atoms with Gasteiger partial charge in [0.25, 0.3) is 0 Å². The van der Waals surface area contributed by atoms with E-state index in [2.05, 4.69) is 94.7 Å². The average molecular weight is 928 g/mol. The number of aromatic hydroxyl groups is 2. The largest absolute Gasteiger partial charge is 0.508 e. The Balaban J connectivity index is 0.000000208. The molecule has 69 heavy (non-hydrogen) atoms. The summed E-state index contributed by atoms with van der Waals surface area (Å²) in [6.07, 6.45) is 6.47. The topological polar surface area (TPSA) is 117 Å². The van der Waals surface area contributed by atoms with Crippen molar-refractivity contribution in [2.75, 3.05) is 62.3 Å². The molecular formula is C60H69N3O6. The molecule has 2 heterocycles. The van der Waals surface area contributed by atoms with Crippen LogP contribution in [0.25, 0.3) is 22.3 Å². The number of piperidine rings is 1. The molecule has 0 aromatic heterocycles. The summed E-state index contributed by atoms with van der Waals surface area (Å²) in [7, 11) is 0. The van der Waals surface area contributed by atoms with Gasteiger partial charge in [0.2, 0.25) is 0 Å². The summed E-state index contributed by atoms with van der Waals surface area (Å²) in [5.41, 5.74) is 13.1. The number of aliphatic hydroxyl groups excluding tert-OH is 2. The highest BCUT2D eigenvalue weighted by molar-refractivity contribution is 6.00. The number of nitrogens with zero attached hydrogens (tertiary/aromatic N) is 3. The Labute approximate surface area is 409 Å². The Morgan fingerprint density at radius 3 is 1.19 bits per heavy atom. The van der Waals surface area contributed by atoms with E-state index in [0.717, 1.165) is 89.2 Å². The SMILES string of the molecule is CC(C)(C)OC(=O)N1CCN(c2ccc(/C(=C(/CCCO)c3ccccc3)c3ccc(O)cc3)cc2)CC1.OCCC/C(=C(\c1ccc(O)cc1)c1ccc(N2CCCCC2)cc1)c1ccccc1. The van der Waals surface area contributed by atoms with E-state index in [9.17, 15) is 25.2 Å². The Bertz CT molecular complexity index is 2570. The number of anilines is 2. The first-order valence-corrected chi connectivity index (χ1v) is 24.6. The lowest BCUT2D eigenvalue weighted by Gasteiger charge is -2.36. The summed E-state index contributed by atoms with van der Waals surface area (Å²) in [5, 5.41) is 38.9. The van der Waals surface area contributed by atoms with Gasteiger partial charge in [0.15, 0.2) is 0 Å². The monoisotopic (exact) mass is 928 g/mol. The van der Waals surface area contributed by atoms with Crippen molar-refractivity contribution < 1.29 is 30.0 Å². The molecule has 0 spiro atoms. The van der Waals surface area contributed by atoms with Crippen LogP contribution in [-0.4, -0.2) is 89.5 Å². The molecule has 6 aromatic rings. The number of ether oxygens (including phenoxy) is 1. The average Bonchev–Trinajstić information content (AvgIpc) is 3.38. The van der Waals surface area contributed by atoms with Crippen molar-refractivity contribution in [1.82, 2.24) is 4.90 Å². The van der Waals surface area contributed by atoms with Crippen LogP contribution in [0.4, 0.5) is 16.2 Å². The molecule has 0 saturated carbocycles. The number of phenols is 2. The van der Waals surface area contributed by atoms with Crippen LogP contribution >= 0.6 is 0 Å². The molecule has 2 fully saturated rings. The first-order chi connectivity index (χ1) is 33.5. The molecule has 0 unspecified atom stereocenters. The van der Waals surface area contributed by atoms with Crippen molar-refractivity contribution >= 4 is 39.8 Å². The number of hydrogen-bond donors (Lipinski definition) is 4. The molecule has 0 bridgehead atoms. The molecule has 1 amide bonds. The van der Waals surface area contributed by atoms with Gasteiger partial charge in [-0.15, -0.1) is 0 Å². The normalized spacial score (nSPS) is 14.8. The minimum atomic E-state index is -0.497. The third kappa shape index (κ3) is 13.9. The fraction of sp³-hybridized carbons (Fsp3) is 0.317. The van der Waals surface area contributed by atoms with Crippen molar-refractivity contribution in [2.24, 2.45) is 0 Å². The molecule has 8 rings (SSSR count). The molecule has 2 aliphatic rings. The smallest absolute Gasteiger partial charge is 0.410 e. The zero-order chi connectivity index (χ0) is 48.6. The van der Waals surface area contributed by atoms with Crippen LogP contribution in [0.3, 0.4) is 0 Å². The third-order valence-electron chi connectivity index (χ3n) is 12.7. The zero-order valence-electron chi connectivity index (χ0n) is 40.6. The number of rotatable bonds is 14. The Morgan fingerprint density at radius 1 is 0.464 bits per heavy atom. The molecule has 2 saturated heterocycles. The number of benzene rings is 6. The molecule has 4 N–H and O–H groups in total. The highest BCUT2D eigenvalue weighted by Crippen LogP contribution is 2.38. The third-order valence-corrected chi connectivity index (χ3v) is 12.7. The van der Waals surface area contributed by atoms with Crippen LogP contribution in [0, 0.1) is 0 Å². The van der Waals surface area contributed by atoms with Gasteiger partial charge >= 0.3 is 6.09 Å². The van der Waals surface area contributed by atoms with Gasteiger partial charge in [-0.05, 0) is 170 Å². The van der Waals surface area contributed by atoms with Crippen molar-refractivity contribution in [3.05, 3.63) is 191 Å². The summed E-state index contributed by atoms with van der Waals surface area (Å²) in [5.74, 6) is 0.491. The van der Waals surface area contributed by atoms with Gasteiger partial charge in [0.1, 0.15) is 17.1 Å². The van der Waals surface area contributed by atoms with E-state index in [4.69, 9.17) is 4.74 Å². The standard InChI is InChI=1S/C32H38N2O4.C28H31NO2/c1-32(2,3)38-31(37)34-21-19-33(20-22-34)27-15-11-25(12-16-27)30(26-13-17-28(36)18-14-26)29(10-7-23-35)24-8-5-4-6-9-24;30-21-7-10-27(22-8-3-1-4-9-22)28(24-13-17-26(31)18-14-24)23-11-15-25(16-12-23)29-19-5-2-6-20-29/h4-6,8-9,11-18,35-36H,7,10,19-23H2,1-3H3;1,3-4,8-9,11-18,30-31H,2,5-7,10,19-21H2/b30-29+;28-27+. The summed E-state index contributed by atoms with van der Waals surface area (Å²) in [6, 6.07) is 52.9. The highest BCUT2D eigenvalue weighted by Gasteiger charge is 2.26. The first kappa shape index (κ1) is 50.1. The van der Waals surface area contributed by atoms with E-state index < -0.39 is 5.60 Å². The van der Waals surface area contributed by atoms with Crippen molar-refractivity contribution in [1.29, 1.82) is 0 Å². The first-order valence-electron chi connectivity index (χ1n) is 24.6. The van der Waals surface area contributed by atoms with Gasteiger partial charge in [-0.2, -0.15) is 0 Å². The van der Waals surface area contributed by atoms with Crippen LogP contribution in [0.15, 0.2) is 158 Å². The number of hydrogen-bond acceptors (Lipinski definition) is 8. The second kappa shape index (κ2) is 24.5. The number of piperazine rings is 1. The quantitative estimate of drug-likeness (QED) is 0.0798. The second-order valence-electron chi connectivity index (χ2n) is 18.8. The minimum absolute atomic E-state index is 0.118. The number of aliphatic hydroxyl groups is 2. The molecule has 360 valence electrons. The predicted molar refractivity (Wildman–Crippen MR) is 283 cm³/mol. The number of phenolic OH excluding ortho intramolecular Hbond substituents is 2. The summed E-state index contributed by atoms with van der Waals surface area (Å²) >= 11 is 0. The predicted octanol–water partition coefficient (Wildman–Crippen LogP) is 12.3. The minimum Gasteiger partial charge on any atom is -0.508 e. The van der Waals surface area contributed by atoms with Gasteiger partial charge in [-0.3, -0.25) is 0 Å². The summed E-state index contributed by atoms with van der Waals surface area (Å²) in [6.45, 7) is 10.9. The Morgan fingerprint density at radius 2 is 0.826 bits per heavy atom. The fourth-order valence-electron chi connectivity index (χ4n) is 9.21. The van der Waals surface area contributed by atoms with E-state index >= 15 is 0 Å². The number of allylic oxidation sites excluding steroid dienone is 2. The molecule has 2 aliphatic heterocycles. The van der Waals surface area contributed by atoms with E-state index in [0.29, 0.717) is 25.9 Å². The van der Waals surface area contributed by atoms with Gasteiger partial charge in [-0.1, -0.05) is 109 Å². The van der Waals surface area contributed by atoms with Crippen LogP contribution in [-0.2, 0) is 4.74 Å². The van der Waals surface area contributed by atoms with Gasteiger partial charge in [0, 0.05) is 63.9 Å². The highest BCUT2D eigenvalue weighted by atomic mass is 16.6. The van der Waals surface area contributed by atoms with Crippen molar-refractivity contribution in [3.8, 4) is 11.5 Å². The molecule has 9 nitrogen and oxygen atoms in total. The lowest BCUT2D eigenvalue weighted by atomic mass is 9.87. The zero-order valence-corrected chi connectivity index (χ0v) is 40.6. The number of amides is 1. The molecule has 6 aromatic carbocycles. The van der Waals surface area contributed by atoms with E-state index in [-0.39, 0.29) is 30.8 Å². The van der Waals surface area contributed by atoms with Gasteiger partial charge < -0.3 is 39.9 Å². The summed E-state index contributed by atoms with van der Waals surface area (Å²) in [4.78, 5) is 19.0. The van der Waals surface area contributed by atoms with E-state index in [1.54, 1.807) is 29.2 Å². The van der Waals surface area contributed by atoms with Crippen LogP contribution in [0.2, 0.25) is 0 Å². The van der Waals surface area contributed by atoms with Crippen LogP contribution in [0.1, 0.15) is 99.1 Å². The fourth-order valence-corrected chi connectivity index (χ4v) is 9.21. The maximum Gasteiger partial charge on any atom is 0.410 e. The maximum atomic E-state index is 12.4. The van der Waals surface area contributed by atoms with Crippen molar-refractivity contribution in [3.63, 3.8) is 0 Å². The molecular weight excluding hydrogens is 859 g/mol. The molecule has 0 radical (unpaired) electrons. The molecule has 0 aliphatic carbocycles. The Kier molecular flexibility index (Phi) is 17.8. The number of carbonyl (C=O) groups excluding carboxylic acids is 1. The van der Waals surface area contributed by atoms with Crippen molar-refractivity contribution in [2.45, 2.75) is 71.3 Å². The van der Waals surface area contributed by atoms with E-state index in [1.807, 2.05) is 69.3 Å². The van der Waals surface area contributed by atoms with Gasteiger partial charge in [-0.25, -0.2) is 4.79 Å². The summed E-state index contributed by atoms with van der Waals surface area (Å²) < 4.78 is 5.53. The lowest BCUT2D eigenvalue weighted by Crippen LogP contribution is -2.50.